The van der Waals surface area contributed by atoms with E-state index < -0.39 is 93.9 Å². The monoisotopic (exact) mass is 416 g/mol. The fraction of sp³-hybridized carbons (Fsp3) is 1.00. The van der Waals surface area contributed by atoms with E-state index in [0.717, 1.165) is 0 Å². The molecule has 0 aromatic heterocycles. The Morgan fingerprint density at radius 1 is 0.786 bits per heavy atom. The molecule has 28 heavy (non-hydrogen) atoms. The van der Waals surface area contributed by atoms with Crippen LogP contribution in [0.1, 0.15) is 0 Å². The number of ether oxygens (including phenoxy) is 4. The molecule has 2 fully saturated rings. The van der Waals surface area contributed by atoms with E-state index in [9.17, 15) is 35.7 Å². The number of hydrogen-bond donors (Lipinski definition) is 9. The molecule has 9 N–H and O–H groups in total. The van der Waals surface area contributed by atoms with Crippen LogP contribution in [0.2, 0.25) is 0 Å². The molecule has 0 amide bonds. The Labute approximate surface area is 159 Å². The summed E-state index contributed by atoms with van der Waals surface area (Å²) in [6.45, 7) is -2.48. The standard InChI is InChI=1S/C15H28O13/c16-1-5(19)4-25-15-13(11(24)12(27-15)6(20)2-17)28-14-10(23)9(22)8(21)7(3-18)26-14/h5-24H,1-4H2/t5?,6-,7-,8-,9+,10-,11+,12+,13-,14-,15-/m1/s1. The van der Waals surface area contributed by atoms with E-state index in [2.05, 4.69) is 0 Å². The molecule has 2 saturated heterocycles. The quantitative estimate of drug-likeness (QED) is 0.171. The van der Waals surface area contributed by atoms with E-state index in [1.807, 2.05) is 0 Å². The van der Waals surface area contributed by atoms with Gasteiger partial charge >= 0.3 is 0 Å². The highest BCUT2D eigenvalue weighted by Gasteiger charge is 2.52. The Bertz CT molecular complexity index is 465. The third-order valence-corrected chi connectivity index (χ3v) is 4.60. The zero-order chi connectivity index (χ0) is 21.0. The van der Waals surface area contributed by atoms with Crippen molar-refractivity contribution >= 4 is 0 Å². The van der Waals surface area contributed by atoms with Crippen LogP contribution in [0.5, 0.6) is 0 Å². The van der Waals surface area contributed by atoms with Crippen molar-refractivity contribution in [3.8, 4) is 0 Å². The van der Waals surface area contributed by atoms with Gasteiger partial charge in [0.05, 0.1) is 26.4 Å². The molecular weight excluding hydrogens is 388 g/mol. The number of aliphatic hydroxyl groups is 9. The van der Waals surface area contributed by atoms with Gasteiger partial charge in [-0.2, -0.15) is 0 Å². The molecule has 166 valence electrons. The predicted octanol–water partition coefficient (Wildman–Crippen LogP) is -6.02. The lowest BCUT2D eigenvalue weighted by Crippen LogP contribution is -2.60. The van der Waals surface area contributed by atoms with Crippen molar-refractivity contribution < 1.29 is 64.9 Å². The Hall–Kier alpha value is -0.520. The Kier molecular flexibility index (Phi) is 8.90. The number of rotatable bonds is 9. The second kappa shape index (κ2) is 10.5. The molecule has 2 aliphatic rings. The van der Waals surface area contributed by atoms with Gasteiger partial charge in [-0.1, -0.05) is 0 Å². The topological polar surface area (TPSA) is 219 Å². The summed E-state index contributed by atoms with van der Waals surface area (Å²) in [6.07, 6.45) is -16.5. The summed E-state index contributed by atoms with van der Waals surface area (Å²) < 4.78 is 21.2. The van der Waals surface area contributed by atoms with Gasteiger partial charge in [-0.25, -0.2) is 0 Å². The highest BCUT2D eigenvalue weighted by atomic mass is 16.8. The fourth-order valence-electron chi connectivity index (χ4n) is 2.96. The van der Waals surface area contributed by atoms with Crippen LogP contribution in [0.3, 0.4) is 0 Å². The van der Waals surface area contributed by atoms with Crippen molar-refractivity contribution in [2.75, 3.05) is 26.4 Å². The lowest BCUT2D eigenvalue weighted by molar-refractivity contribution is -0.327. The normalized spacial score (nSPS) is 43.8. The first-order valence-corrected chi connectivity index (χ1v) is 8.74. The van der Waals surface area contributed by atoms with Crippen molar-refractivity contribution in [3.63, 3.8) is 0 Å². The van der Waals surface area contributed by atoms with Crippen LogP contribution in [0.15, 0.2) is 0 Å². The first-order valence-electron chi connectivity index (χ1n) is 8.74. The largest absolute Gasteiger partial charge is 0.394 e. The van der Waals surface area contributed by atoms with Crippen LogP contribution in [-0.4, -0.2) is 140 Å². The summed E-state index contributed by atoms with van der Waals surface area (Å²) in [5.41, 5.74) is 0. The predicted molar refractivity (Wildman–Crippen MR) is 85.4 cm³/mol. The van der Waals surface area contributed by atoms with Gasteiger partial charge in [0.15, 0.2) is 12.6 Å². The first kappa shape index (κ1) is 23.8. The van der Waals surface area contributed by atoms with Gasteiger partial charge in [0.25, 0.3) is 0 Å². The van der Waals surface area contributed by atoms with Crippen molar-refractivity contribution in [1.82, 2.24) is 0 Å². The van der Waals surface area contributed by atoms with Crippen molar-refractivity contribution in [1.29, 1.82) is 0 Å². The zero-order valence-electron chi connectivity index (χ0n) is 14.8. The molecule has 0 spiro atoms. The zero-order valence-corrected chi connectivity index (χ0v) is 14.8. The average Bonchev–Trinajstić information content (AvgIpc) is 3.01. The second-order valence-electron chi connectivity index (χ2n) is 6.68. The Balaban J connectivity index is 2.13. The summed E-state index contributed by atoms with van der Waals surface area (Å²) >= 11 is 0. The molecule has 0 saturated carbocycles. The fourth-order valence-corrected chi connectivity index (χ4v) is 2.96. The molecule has 0 aromatic rings. The van der Waals surface area contributed by atoms with Crippen LogP contribution in [-0.2, 0) is 18.9 Å². The van der Waals surface area contributed by atoms with E-state index in [0.29, 0.717) is 0 Å². The summed E-state index contributed by atoms with van der Waals surface area (Å²) in [5, 5.41) is 86.4. The van der Waals surface area contributed by atoms with Crippen LogP contribution in [0, 0.1) is 0 Å². The molecule has 0 radical (unpaired) electrons. The van der Waals surface area contributed by atoms with E-state index in [-0.39, 0.29) is 0 Å². The van der Waals surface area contributed by atoms with Gasteiger partial charge in [0.2, 0.25) is 0 Å². The van der Waals surface area contributed by atoms with Crippen LogP contribution in [0.25, 0.3) is 0 Å². The van der Waals surface area contributed by atoms with Gasteiger partial charge in [-0.3, -0.25) is 0 Å². The minimum atomic E-state index is -1.75. The van der Waals surface area contributed by atoms with Gasteiger partial charge in [0, 0.05) is 0 Å². The maximum absolute atomic E-state index is 10.4. The van der Waals surface area contributed by atoms with Crippen LogP contribution < -0.4 is 0 Å². The molecule has 0 aromatic carbocycles. The molecular formula is C15H28O13. The molecule has 0 aliphatic carbocycles. The number of aliphatic hydroxyl groups excluding tert-OH is 9. The average molecular weight is 416 g/mol. The summed E-state index contributed by atoms with van der Waals surface area (Å²) in [5.74, 6) is 0. The highest BCUT2D eigenvalue weighted by Crippen LogP contribution is 2.31. The molecule has 11 atom stereocenters. The molecule has 13 nitrogen and oxygen atoms in total. The van der Waals surface area contributed by atoms with Crippen LogP contribution >= 0.6 is 0 Å². The van der Waals surface area contributed by atoms with Crippen molar-refractivity contribution in [2.24, 2.45) is 0 Å². The maximum Gasteiger partial charge on any atom is 0.187 e. The molecule has 2 aliphatic heterocycles. The maximum atomic E-state index is 10.4. The second-order valence-corrected chi connectivity index (χ2v) is 6.68. The smallest absolute Gasteiger partial charge is 0.187 e. The summed E-state index contributed by atoms with van der Waals surface area (Å²) in [6, 6.07) is 0. The van der Waals surface area contributed by atoms with Gasteiger partial charge in [-0.05, 0) is 0 Å². The molecule has 2 heterocycles. The lowest BCUT2D eigenvalue weighted by Gasteiger charge is -2.41. The molecule has 1 unspecified atom stereocenters. The van der Waals surface area contributed by atoms with E-state index >= 15 is 0 Å². The number of hydrogen-bond acceptors (Lipinski definition) is 13. The third kappa shape index (κ3) is 5.14. The van der Waals surface area contributed by atoms with Crippen molar-refractivity contribution in [2.45, 2.75) is 67.5 Å². The van der Waals surface area contributed by atoms with Gasteiger partial charge in [0.1, 0.15) is 54.9 Å². The van der Waals surface area contributed by atoms with Crippen molar-refractivity contribution in [3.05, 3.63) is 0 Å². The summed E-state index contributed by atoms with van der Waals surface area (Å²) in [4.78, 5) is 0. The van der Waals surface area contributed by atoms with Crippen LogP contribution in [0.4, 0.5) is 0 Å². The first-order chi connectivity index (χ1) is 13.2. The minimum Gasteiger partial charge on any atom is -0.394 e. The molecule has 0 bridgehead atoms. The molecule has 13 heteroatoms. The van der Waals surface area contributed by atoms with E-state index in [4.69, 9.17) is 29.2 Å². The Morgan fingerprint density at radius 2 is 1.46 bits per heavy atom. The van der Waals surface area contributed by atoms with E-state index in [1.54, 1.807) is 0 Å². The third-order valence-electron chi connectivity index (χ3n) is 4.60. The van der Waals surface area contributed by atoms with E-state index in [1.165, 1.54) is 0 Å². The lowest BCUT2D eigenvalue weighted by atomic mass is 9.99. The molecule has 2 rings (SSSR count). The van der Waals surface area contributed by atoms with Gasteiger partial charge in [-0.15, -0.1) is 0 Å². The minimum absolute atomic E-state index is 0.426. The van der Waals surface area contributed by atoms with Gasteiger partial charge < -0.3 is 64.9 Å². The SMILES string of the molecule is OCC(O)CO[C@@H]1O[C@@H]([C@H](O)CO)[C@H](O)[C@H]1O[C@H]1O[C@H](CO)[C@@H](O)[C@H](O)[C@H]1O. The highest BCUT2D eigenvalue weighted by molar-refractivity contribution is 4.94. The Morgan fingerprint density at radius 3 is 2.04 bits per heavy atom. The summed E-state index contributed by atoms with van der Waals surface area (Å²) in [7, 11) is 0.